The lowest BCUT2D eigenvalue weighted by molar-refractivity contribution is 0.0535. The van der Waals surface area contributed by atoms with Crippen LogP contribution in [0.25, 0.3) is 0 Å². The van der Waals surface area contributed by atoms with Crippen molar-refractivity contribution in [2.45, 2.75) is 20.3 Å². The molecule has 0 fully saturated rings. The molecule has 0 spiro atoms. The first kappa shape index (κ1) is 15.1. The monoisotopic (exact) mass is 274 g/mol. The van der Waals surface area contributed by atoms with E-state index < -0.39 is 0 Å². The van der Waals surface area contributed by atoms with Gasteiger partial charge in [0, 0.05) is 19.1 Å². The highest BCUT2D eigenvalue weighted by atomic mass is 35.5. The van der Waals surface area contributed by atoms with Gasteiger partial charge >= 0.3 is 0 Å². The molecular formula is C12H19ClN2O3. The van der Waals surface area contributed by atoms with E-state index in [1.165, 1.54) is 0 Å². The largest absolute Gasteiger partial charge is 0.475 e. The summed E-state index contributed by atoms with van der Waals surface area (Å²) < 4.78 is 15.7. The molecule has 0 saturated carbocycles. The maximum absolute atomic E-state index is 6.00. The molecule has 1 aromatic rings. The van der Waals surface area contributed by atoms with Gasteiger partial charge in [-0.1, -0.05) is 18.5 Å². The molecule has 0 N–H and O–H groups in total. The van der Waals surface area contributed by atoms with Gasteiger partial charge in [-0.2, -0.15) is 4.98 Å². The van der Waals surface area contributed by atoms with Gasteiger partial charge in [0.15, 0.2) is 0 Å². The van der Waals surface area contributed by atoms with E-state index in [9.17, 15) is 0 Å². The molecule has 1 aromatic heterocycles. The molecule has 0 aliphatic carbocycles. The quantitative estimate of drug-likeness (QED) is 0.536. The van der Waals surface area contributed by atoms with E-state index in [0.29, 0.717) is 43.3 Å². The molecule has 0 bridgehead atoms. The van der Waals surface area contributed by atoms with Gasteiger partial charge in [0.05, 0.1) is 19.8 Å². The van der Waals surface area contributed by atoms with Gasteiger partial charge < -0.3 is 14.2 Å². The minimum Gasteiger partial charge on any atom is -0.475 e. The third-order valence-electron chi connectivity index (χ3n) is 2.30. The average Bonchev–Trinajstić information content (AvgIpc) is 2.38. The molecule has 102 valence electrons. The lowest BCUT2D eigenvalue weighted by Crippen LogP contribution is -2.12. The molecule has 1 heterocycles. The van der Waals surface area contributed by atoms with Crippen LogP contribution in [-0.2, 0) is 15.9 Å². The minimum absolute atomic E-state index is 0.432. The zero-order chi connectivity index (χ0) is 13.4. The van der Waals surface area contributed by atoms with Crippen LogP contribution >= 0.6 is 11.6 Å². The Balaban J connectivity index is 2.44. The Morgan fingerprint density at radius 3 is 2.50 bits per heavy atom. The number of nitrogens with zero attached hydrogens (tertiary/aromatic N) is 2. The lowest BCUT2D eigenvalue weighted by Gasteiger charge is -2.10. The summed E-state index contributed by atoms with van der Waals surface area (Å²) in [7, 11) is 1.64. The number of aryl methyl sites for hydroxylation is 1. The molecule has 0 aliphatic rings. The molecule has 1 rings (SSSR count). The van der Waals surface area contributed by atoms with Crippen molar-refractivity contribution in [1.29, 1.82) is 0 Å². The fourth-order valence-electron chi connectivity index (χ4n) is 1.25. The van der Waals surface area contributed by atoms with Gasteiger partial charge in [0.25, 0.3) is 0 Å². The zero-order valence-corrected chi connectivity index (χ0v) is 11.8. The fraction of sp³-hybridized carbons (Fsp3) is 0.667. The smallest absolute Gasteiger partial charge is 0.221 e. The number of hydrogen-bond acceptors (Lipinski definition) is 5. The Labute approximate surface area is 112 Å². The van der Waals surface area contributed by atoms with E-state index in [1.807, 2.05) is 13.8 Å². The average molecular weight is 275 g/mol. The van der Waals surface area contributed by atoms with Crippen LogP contribution in [0, 0.1) is 6.92 Å². The van der Waals surface area contributed by atoms with E-state index >= 15 is 0 Å². The van der Waals surface area contributed by atoms with Gasteiger partial charge in [-0.15, -0.1) is 0 Å². The Morgan fingerprint density at radius 2 is 1.83 bits per heavy atom. The third-order valence-corrected chi connectivity index (χ3v) is 2.67. The van der Waals surface area contributed by atoms with Crippen molar-refractivity contribution in [2.24, 2.45) is 0 Å². The summed E-state index contributed by atoms with van der Waals surface area (Å²) in [5.74, 6) is 1.21. The number of rotatable bonds is 8. The highest BCUT2D eigenvalue weighted by Crippen LogP contribution is 2.21. The number of ether oxygens (including phenoxy) is 3. The van der Waals surface area contributed by atoms with Gasteiger partial charge in [0.1, 0.15) is 17.6 Å². The van der Waals surface area contributed by atoms with Crippen LogP contribution in [-0.4, -0.2) is 43.5 Å². The second kappa shape index (κ2) is 8.24. The van der Waals surface area contributed by atoms with Crippen LogP contribution in [0.2, 0.25) is 5.15 Å². The molecule has 0 radical (unpaired) electrons. The van der Waals surface area contributed by atoms with E-state index in [4.69, 9.17) is 25.8 Å². The standard InChI is InChI=1S/C12H19ClN2O3/c1-4-10-14-11(13)9(2)12(15-10)18-8-7-17-6-5-16-3/h4-8H2,1-3H3. The predicted molar refractivity (Wildman–Crippen MR) is 69.3 cm³/mol. The summed E-state index contributed by atoms with van der Waals surface area (Å²) in [5.41, 5.74) is 0.755. The van der Waals surface area contributed by atoms with Crippen molar-refractivity contribution in [2.75, 3.05) is 33.5 Å². The Morgan fingerprint density at radius 1 is 1.11 bits per heavy atom. The van der Waals surface area contributed by atoms with Crippen molar-refractivity contribution in [3.8, 4) is 5.88 Å². The van der Waals surface area contributed by atoms with Gasteiger partial charge in [0.2, 0.25) is 5.88 Å². The molecule has 6 heteroatoms. The molecule has 0 saturated heterocycles. The molecule has 0 amide bonds. The second-order valence-corrected chi connectivity index (χ2v) is 4.03. The van der Waals surface area contributed by atoms with E-state index in [0.717, 1.165) is 12.0 Å². The van der Waals surface area contributed by atoms with E-state index in [1.54, 1.807) is 7.11 Å². The number of aromatic nitrogens is 2. The van der Waals surface area contributed by atoms with Crippen LogP contribution in [0.1, 0.15) is 18.3 Å². The van der Waals surface area contributed by atoms with Gasteiger partial charge in [-0.05, 0) is 6.92 Å². The Hall–Kier alpha value is -0.910. The predicted octanol–water partition coefficient (Wildman–Crippen LogP) is 2.04. The Kier molecular flexibility index (Phi) is 6.93. The zero-order valence-electron chi connectivity index (χ0n) is 11.0. The van der Waals surface area contributed by atoms with Crippen molar-refractivity contribution in [3.63, 3.8) is 0 Å². The molecule has 5 nitrogen and oxygen atoms in total. The molecule has 0 aromatic carbocycles. The number of methoxy groups -OCH3 is 1. The molecule has 0 atom stereocenters. The maximum Gasteiger partial charge on any atom is 0.221 e. The lowest BCUT2D eigenvalue weighted by atomic mass is 10.3. The molecular weight excluding hydrogens is 256 g/mol. The van der Waals surface area contributed by atoms with Crippen LogP contribution in [0.4, 0.5) is 0 Å². The minimum atomic E-state index is 0.432. The van der Waals surface area contributed by atoms with Crippen LogP contribution in [0.5, 0.6) is 5.88 Å². The summed E-state index contributed by atoms with van der Waals surface area (Å²) in [6, 6.07) is 0. The summed E-state index contributed by atoms with van der Waals surface area (Å²) in [6.07, 6.45) is 0.723. The first-order chi connectivity index (χ1) is 8.69. The van der Waals surface area contributed by atoms with E-state index in [-0.39, 0.29) is 0 Å². The van der Waals surface area contributed by atoms with E-state index in [2.05, 4.69) is 9.97 Å². The van der Waals surface area contributed by atoms with Crippen molar-refractivity contribution >= 4 is 11.6 Å². The normalized spacial score (nSPS) is 10.7. The van der Waals surface area contributed by atoms with Crippen molar-refractivity contribution in [1.82, 2.24) is 9.97 Å². The molecule has 0 aliphatic heterocycles. The van der Waals surface area contributed by atoms with Crippen LogP contribution in [0.3, 0.4) is 0 Å². The molecule has 0 unspecified atom stereocenters. The number of hydrogen-bond donors (Lipinski definition) is 0. The van der Waals surface area contributed by atoms with Gasteiger partial charge in [-0.3, -0.25) is 0 Å². The summed E-state index contributed by atoms with van der Waals surface area (Å²) in [5, 5.41) is 0.442. The van der Waals surface area contributed by atoms with Gasteiger partial charge in [-0.25, -0.2) is 4.98 Å². The van der Waals surface area contributed by atoms with Crippen molar-refractivity contribution < 1.29 is 14.2 Å². The van der Waals surface area contributed by atoms with Crippen molar-refractivity contribution in [3.05, 3.63) is 16.5 Å². The first-order valence-corrected chi connectivity index (χ1v) is 6.29. The number of halogens is 1. The van der Waals surface area contributed by atoms with Crippen LogP contribution in [0.15, 0.2) is 0 Å². The first-order valence-electron chi connectivity index (χ1n) is 5.91. The summed E-state index contributed by atoms with van der Waals surface area (Å²) in [4.78, 5) is 8.43. The SMILES string of the molecule is CCc1nc(Cl)c(C)c(OCCOCCOC)n1. The fourth-order valence-corrected chi connectivity index (χ4v) is 1.43. The summed E-state index contributed by atoms with van der Waals surface area (Å²) >= 11 is 6.00. The molecule has 18 heavy (non-hydrogen) atoms. The third kappa shape index (κ3) is 4.76. The summed E-state index contributed by atoms with van der Waals surface area (Å²) in [6.45, 7) is 5.87. The highest BCUT2D eigenvalue weighted by Gasteiger charge is 2.09. The highest BCUT2D eigenvalue weighted by molar-refractivity contribution is 6.30. The maximum atomic E-state index is 6.00. The topological polar surface area (TPSA) is 53.5 Å². The second-order valence-electron chi connectivity index (χ2n) is 3.67. The van der Waals surface area contributed by atoms with Crippen LogP contribution < -0.4 is 4.74 Å². The Bertz CT molecular complexity index is 375.